The molecule has 0 aliphatic carbocycles. The van der Waals surface area contributed by atoms with Crippen LogP contribution in [0.2, 0.25) is 0 Å². The third-order valence-corrected chi connectivity index (χ3v) is 6.78. The number of rotatable bonds is 4. The summed E-state index contributed by atoms with van der Waals surface area (Å²) in [6.07, 6.45) is 4.85. The zero-order valence-electron chi connectivity index (χ0n) is 15.4. The van der Waals surface area contributed by atoms with Crippen LogP contribution in [-0.4, -0.2) is 43.3 Å². The maximum atomic E-state index is 12.8. The average molecular weight is 390 g/mol. The van der Waals surface area contributed by atoms with Crippen molar-refractivity contribution >= 4 is 33.3 Å². The molecule has 0 saturated heterocycles. The highest BCUT2D eigenvalue weighted by Crippen LogP contribution is 2.22. The van der Waals surface area contributed by atoms with Crippen molar-refractivity contribution in [2.45, 2.75) is 45.1 Å². The Morgan fingerprint density at radius 1 is 1.31 bits per heavy atom. The topological polar surface area (TPSA) is 56.0 Å². The normalized spacial score (nSPS) is 15.3. The minimum absolute atomic E-state index is 0.119. The Bertz CT molecular complexity index is 1000. The average Bonchev–Trinajstić information content (AvgIpc) is 3.14. The Labute approximate surface area is 160 Å². The molecule has 0 spiro atoms. The van der Waals surface area contributed by atoms with Gasteiger partial charge in [0.25, 0.3) is 5.56 Å². The number of imidazole rings is 1. The summed E-state index contributed by atoms with van der Waals surface area (Å²) in [6.45, 7) is 8.43. The summed E-state index contributed by atoms with van der Waals surface area (Å²) in [4.78, 5) is 24.6. The zero-order valence-corrected chi connectivity index (χ0v) is 17.0. The van der Waals surface area contributed by atoms with Gasteiger partial charge < -0.3 is 4.57 Å². The summed E-state index contributed by atoms with van der Waals surface area (Å²) >= 11 is 3.19. The highest BCUT2D eigenvalue weighted by atomic mass is 32.2. The Morgan fingerprint density at radius 2 is 2.15 bits per heavy atom. The Morgan fingerprint density at radius 3 is 2.92 bits per heavy atom. The first-order valence-corrected chi connectivity index (χ1v) is 11.0. The van der Waals surface area contributed by atoms with Crippen LogP contribution in [0.3, 0.4) is 0 Å². The number of aromatic nitrogens is 4. The zero-order chi connectivity index (χ0) is 18.3. The van der Waals surface area contributed by atoms with E-state index < -0.39 is 0 Å². The maximum absolute atomic E-state index is 12.8. The predicted octanol–water partition coefficient (Wildman–Crippen LogP) is 2.76. The summed E-state index contributed by atoms with van der Waals surface area (Å²) in [5, 5.41) is 3.09. The van der Waals surface area contributed by atoms with E-state index in [0.29, 0.717) is 6.54 Å². The van der Waals surface area contributed by atoms with E-state index in [4.69, 9.17) is 4.98 Å². The Kier molecular flexibility index (Phi) is 4.90. The van der Waals surface area contributed by atoms with Gasteiger partial charge in [0.05, 0.1) is 17.4 Å². The van der Waals surface area contributed by atoms with Gasteiger partial charge in [0.1, 0.15) is 10.5 Å². The van der Waals surface area contributed by atoms with Crippen molar-refractivity contribution in [2.75, 3.05) is 19.3 Å². The van der Waals surface area contributed by atoms with Gasteiger partial charge >= 0.3 is 0 Å². The lowest BCUT2D eigenvalue weighted by atomic mass is 10.3. The van der Waals surface area contributed by atoms with Crippen LogP contribution in [0.15, 0.2) is 21.5 Å². The third-order valence-electron chi connectivity index (χ3n) is 5.01. The van der Waals surface area contributed by atoms with Crippen LogP contribution in [0.4, 0.5) is 0 Å². The maximum Gasteiger partial charge on any atom is 0.271 e. The molecule has 1 aliphatic heterocycles. The van der Waals surface area contributed by atoms with Crippen LogP contribution in [0.25, 0.3) is 10.2 Å². The molecule has 3 aromatic rings. The van der Waals surface area contributed by atoms with Crippen LogP contribution in [0.1, 0.15) is 24.0 Å². The number of aryl methyl sites for hydroxylation is 1. The Balaban J connectivity index is 1.59. The fourth-order valence-electron chi connectivity index (χ4n) is 3.60. The lowest BCUT2D eigenvalue weighted by Gasteiger charge is -2.20. The van der Waals surface area contributed by atoms with Crippen LogP contribution >= 0.6 is 23.1 Å². The van der Waals surface area contributed by atoms with E-state index >= 15 is 0 Å². The van der Waals surface area contributed by atoms with E-state index in [1.807, 2.05) is 23.1 Å². The van der Waals surface area contributed by atoms with Gasteiger partial charge in [0.2, 0.25) is 0 Å². The molecule has 0 fully saturated rings. The quantitative estimate of drug-likeness (QED) is 0.642. The number of thiophene rings is 1. The lowest BCUT2D eigenvalue weighted by molar-refractivity contribution is 0.263. The third kappa shape index (κ3) is 3.00. The summed E-state index contributed by atoms with van der Waals surface area (Å²) in [7, 11) is 0. The molecule has 0 amide bonds. The molecule has 0 radical (unpaired) electrons. The van der Waals surface area contributed by atoms with E-state index in [2.05, 4.69) is 27.6 Å². The fraction of sp³-hybridized carbons (Fsp3) is 0.500. The summed E-state index contributed by atoms with van der Waals surface area (Å²) in [6, 6.07) is 0. The number of hydrogen-bond acceptors (Lipinski definition) is 6. The van der Waals surface area contributed by atoms with E-state index in [1.54, 1.807) is 11.8 Å². The molecule has 3 aromatic heterocycles. The van der Waals surface area contributed by atoms with Crippen LogP contribution in [-0.2, 0) is 26.1 Å². The fourth-order valence-corrected chi connectivity index (χ4v) is 5.16. The van der Waals surface area contributed by atoms with Crippen LogP contribution in [0.5, 0.6) is 0 Å². The summed E-state index contributed by atoms with van der Waals surface area (Å²) in [5.74, 6) is 0.917. The van der Waals surface area contributed by atoms with Gasteiger partial charge in [0, 0.05) is 39.1 Å². The van der Waals surface area contributed by atoms with E-state index in [-0.39, 0.29) is 5.56 Å². The SMILES string of the molecule is CCn1c(CN2CCc3nc4c(C)csc4c(=O)n3CC2)cnc1SC. The molecule has 0 atom stereocenters. The second kappa shape index (κ2) is 7.17. The number of fused-ring (bicyclic) bond motifs is 2. The molecule has 26 heavy (non-hydrogen) atoms. The van der Waals surface area contributed by atoms with Crippen molar-refractivity contribution in [1.29, 1.82) is 0 Å². The minimum atomic E-state index is 0.119. The van der Waals surface area contributed by atoms with Gasteiger partial charge in [-0.05, 0) is 31.0 Å². The molecule has 4 heterocycles. The first-order chi connectivity index (χ1) is 12.6. The number of nitrogens with zero attached hydrogens (tertiary/aromatic N) is 5. The first kappa shape index (κ1) is 17.8. The van der Waals surface area contributed by atoms with Crippen molar-refractivity contribution in [1.82, 2.24) is 24.0 Å². The van der Waals surface area contributed by atoms with Crippen molar-refractivity contribution in [2.24, 2.45) is 0 Å². The van der Waals surface area contributed by atoms with E-state index in [9.17, 15) is 4.79 Å². The highest BCUT2D eigenvalue weighted by molar-refractivity contribution is 7.98. The van der Waals surface area contributed by atoms with Crippen molar-refractivity contribution < 1.29 is 0 Å². The second-order valence-electron chi connectivity index (χ2n) is 6.59. The lowest BCUT2D eigenvalue weighted by Crippen LogP contribution is -2.29. The van der Waals surface area contributed by atoms with Crippen LogP contribution in [0, 0.1) is 6.92 Å². The van der Waals surface area contributed by atoms with Crippen molar-refractivity contribution in [3.8, 4) is 0 Å². The first-order valence-electron chi connectivity index (χ1n) is 8.90. The van der Waals surface area contributed by atoms with E-state index in [0.717, 1.165) is 59.4 Å². The molecule has 138 valence electrons. The second-order valence-corrected chi connectivity index (χ2v) is 8.24. The molecule has 0 saturated carbocycles. The van der Waals surface area contributed by atoms with Gasteiger partial charge in [-0.25, -0.2) is 9.97 Å². The minimum Gasteiger partial charge on any atom is -0.322 e. The molecule has 4 rings (SSSR count). The molecule has 0 bridgehead atoms. The summed E-state index contributed by atoms with van der Waals surface area (Å²) < 4.78 is 4.93. The molecule has 6 nitrogen and oxygen atoms in total. The highest BCUT2D eigenvalue weighted by Gasteiger charge is 2.20. The molecular formula is C18H23N5OS2. The van der Waals surface area contributed by atoms with Gasteiger partial charge in [0.15, 0.2) is 5.16 Å². The monoisotopic (exact) mass is 389 g/mol. The molecule has 1 aliphatic rings. The standard InChI is InChI=1S/C18H23N5OS2/c1-4-22-13(9-19-18(22)25-3)10-21-6-5-14-20-15-12(2)11-26-16(15)17(24)23(14)8-7-21/h9,11H,4-8,10H2,1-3H3. The predicted molar refractivity (Wildman–Crippen MR) is 107 cm³/mol. The number of hydrogen-bond donors (Lipinski definition) is 0. The van der Waals surface area contributed by atoms with Crippen LogP contribution < -0.4 is 5.56 Å². The largest absolute Gasteiger partial charge is 0.322 e. The van der Waals surface area contributed by atoms with Gasteiger partial charge in [-0.2, -0.15) is 0 Å². The molecule has 0 unspecified atom stereocenters. The van der Waals surface area contributed by atoms with Gasteiger partial charge in [-0.15, -0.1) is 11.3 Å². The molecule has 0 N–H and O–H groups in total. The Hall–Kier alpha value is -1.64. The van der Waals surface area contributed by atoms with E-state index in [1.165, 1.54) is 17.0 Å². The van der Waals surface area contributed by atoms with Crippen molar-refractivity contribution in [3.05, 3.63) is 39.0 Å². The molecular weight excluding hydrogens is 366 g/mol. The van der Waals surface area contributed by atoms with Gasteiger partial charge in [-0.3, -0.25) is 14.3 Å². The summed E-state index contributed by atoms with van der Waals surface area (Å²) in [5.41, 5.74) is 3.34. The van der Waals surface area contributed by atoms with Crippen molar-refractivity contribution in [3.63, 3.8) is 0 Å². The molecule has 0 aromatic carbocycles. The molecule has 8 heteroatoms. The number of thioether (sulfide) groups is 1. The smallest absolute Gasteiger partial charge is 0.271 e. The van der Waals surface area contributed by atoms with Gasteiger partial charge in [-0.1, -0.05) is 11.8 Å².